The molecule has 0 radical (unpaired) electrons. The number of aromatic nitrogens is 1. The molecule has 0 saturated heterocycles. The Balaban J connectivity index is 2.27. The molecule has 0 aliphatic rings. The van der Waals surface area contributed by atoms with E-state index in [1.54, 1.807) is 0 Å². The van der Waals surface area contributed by atoms with Crippen LogP contribution in [0.3, 0.4) is 0 Å². The van der Waals surface area contributed by atoms with Gasteiger partial charge in [-0.3, -0.25) is 4.79 Å². The fourth-order valence-electron chi connectivity index (χ4n) is 2.11. The van der Waals surface area contributed by atoms with Crippen molar-refractivity contribution in [3.8, 4) is 0 Å². The molecule has 112 valence electrons. The number of fused-ring (bicyclic) bond motifs is 1. The first-order valence-electron chi connectivity index (χ1n) is 6.21. The molecule has 0 aliphatic heterocycles. The fourth-order valence-corrected chi connectivity index (χ4v) is 3.43. The van der Waals surface area contributed by atoms with E-state index in [1.807, 2.05) is 0 Å². The van der Waals surface area contributed by atoms with Gasteiger partial charge in [-0.15, -0.1) is 0 Å². The first kappa shape index (κ1) is 14.4. The molecule has 3 aromatic rings. The summed E-state index contributed by atoms with van der Waals surface area (Å²) in [5.41, 5.74) is -0.484. The van der Waals surface area contributed by atoms with Crippen molar-refractivity contribution in [2.75, 3.05) is 0 Å². The molecule has 2 aromatic carbocycles. The SMILES string of the molecule is O=c1c(S(=O)(=O)c2ccc(F)cc2)c[nH]c2ccc(F)cc12. The van der Waals surface area contributed by atoms with Crippen LogP contribution in [0.15, 0.2) is 63.2 Å². The van der Waals surface area contributed by atoms with Gasteiger partial charge in [-0.1, -0.05) is 0 Å². The second-order valence-corrected chi connectivity index (χ2v) is 6.55. The van der Waals surface area contributed by atoms with Crippen LogP contribution in [0, 0.1) is 11.6 Å². The summed E-state index contributed by atoms with van der Waals surface area (Å²) in [4.78, 5) is 14.3. The highest BCUT2D eigenvalue weighted by molar-refractivity contribution is 7.91. The van der Waals surface area contributed by atoms with Crippen molar-refractivity contribution in [3.05, 3.63) is 70.5 Å². The predicted octanol–water partition coefficient (Wildman–Crippen LogP) is 2.64. The van der Waals surface area contributed by atoms with Gasteiger partial charge in [0.1, 0.15) is 16.5 Å². The summed E-state index contributed by atoms with van der Waals surface area (Å²) in [7, 11) is -4.12. The van der Waals surface area contributed by atoms with Crippen molar-refractivity contribution in [2.24, 2.45) is 0 Å². The molecule has 0 spiro atoms. The second-order valence-electron chi connectivity index (χ2n) is 4.63. The molecule has 0 atom stereocenters. The highest BCUT2D eigenvalue weighted by Gasteiger charge is 2.22. The number of rotatable bonds is 2. The molecule has 0 aliphatic carbocycles. The number of pyridine rings is 1. The van der Waals surface area contributed by atoms with Crippen molar-refractivity contribution in [1.82, 2.24) is 4.98 Å². The number of nitrogens with one attached hydrogen (secondary N) is 1. The highest BCUT2D eigenvalue weighted by Crippen LogP contribution is 2.20. The van der Waals surface area contributed by atoms with Crippen LogP contribution in [-0.4, -0.2) is 13.4 Å². The minimum absolute atomic E-state index is 0.0665. The van der Waals surface area contributed by atoms with E-state index in [2.05, 4.69) is 4.98 Å². The quantitative estimate of drug-likeness (QED) is 0.738. The third-order valence-corrected chi connectivity index (χ3v) is 5.00. The van der Waals surface area contributed by atoms with Crippen LogP contribution in [0.4, 0.5) is 8.78 Å². The molecule has 0 fully saturated rings. The normalized spacial score (nSPS) is 11.7. The van der Waals surface area contributed by atoms with E-state index < -0.39 is 31.8 Å². The summed E-state index contributed by atoms with van der Waals surface area (Å²) in [6.45, 7) is 0. The topological polar surface area (TPSA) is 67.0 Å². The number of H-pyrrole nitrogens is 1. The molecule has 0 unspecified atom stereocenters. The minimum Gasteiger partial charge on any atom is -0.360 e. The van der Waals surface area contributed by atoms with Gasteiger partial charge in [0.2, 0.25) is 15.3 Å². The summed E-state index contributed by atoms with van der Waals surface area (Å²) >= 11 is 0. The Kier molecular flexibility index (Phi) is 3.29. The Bertz CT molecular complexity index is 1020. The fraction of sp³-hybridized carbons (Fsp3) is 0. The largest absolute Gasteiger partial charge is 0.360 e. The summed E-state index contributed by atoms with van der Waals surface area (Å²) in [5.74, 6) is -1.23. The first-order valence-corrected chi connectivity index (χ1v) is 7.69. The molecule has 1 heterocycles. The van der Waals surface area contributed by atoms with E-state index in [4.69, 9.17) is 0 Å². The van der Waals surface area contributed by atoms with Crippen molar-refractivity contribution in [2.45, 2.75) is 9.79 Å². The van der Waals surface area contributed by atoms with E-state index in [0.29, 0.717) is 5.52 Å². The monoisotopic (exact) mass is 321 g/mol. The van der Waals surface area contributed by atoms with Crippen molar-refractivity contribution < 1.29 is 17.2 Å². The average Bonchev–Trinajstić information content (AvgIpc) is 2.48. The number of halogens is 2. The Labute approximate surface area is 124 Å². The lowest BCUT2D eigenvalue weighted by Crippen LogP contribution is -2.16. The van der Waals surface area contributed by atoms with Crippen LogP contribution >= 0.6 is 0 Å². The van der Waals surface area contributed by atoms with Gasteiger partial charge < -0.3 is 4.98 Å². The van der Waals surface area contributed by atoms with E-state index in [-0.39, 0.29) is 10.3 Å². The molecule has 7 heteroatoms. The summed E-state index contributed by atoms with van der Waals surface area (Å²) < 4.78 is 51.1. The number of benzene rings is 2. The van der Waals surface area contributed by atoms with Gasteiger partial charge in [0, 0.05) is 17.1 Å². The molecule has 1 N–H and O–H groups in total. The standard InChI is InChI=1S/C15H9F2NO3S/c16-9-1-4-11(5-2-9)22(20,21)14-8-18-13-6-3-10(17)7-12(13)15(14)19/h1-8H,(H,18,19). The molecule has 0 amide bonds. The van der Waals surface area contributed by atoms with Crippen LogP contribution in [0.5, 0.6) is 0 Å². The lowest BCUT2D eigenvalue weighted by Gasteiger charge is -2.05. The van der Waals surface area contributed by atoms with Crippen LogP contribution in [0.1, 0.15) is 0 Å². The maximum absolute atomic E-state index is 13.3. The van der Waals surface area contributed by atoms with Crippen LogP contribution in [0.25, 0.3) is 10.9 Å². The molecular formula is C15H9F2NO3S. The lowest BCUT2D eigenvalue weighted by atomic mass is 10.2. The van der Waals surface area contributed by atoms with Gasteiger partial charge in [-0.2, -0.15) is 0 Å². The number of hydrogen-bond acceptors (Lipinski definition) is 3. The van der Waals surface area contributed by atoms with Gasteiger partial charge in [-0.25, -0.2) is 17.2 Å². The zero-order valence-electron chi connectivity index (χ0n) is 11.0. The molecule has 3 rings (SSSR count). The van der Waals surface area contributed by atoms with Gasteiger partial charge in [0.25, 0.3) is 0 Å². The van der Waals surface area contributed by atoms with E-state index >= 15 is 0 Å². The van der Waals surface area contributed by atoms with Gasteiger partial charge in [-0.05, 0) is 42.5 Å². The zero-order chi connectivity index (χ0) is 15.9. The van der Waals surface area contributed by atoms with Crippen molar-refractivity contribution in [3.63, 3.8) is 0 Å². The molecule has 0 saturated carbocycles. The maximum atomic E-state index is 13.3. The molecule has 22 heavy (non-hydrogen) atoms. The summed E-state index contributed by atoms with van der Waals surface area (Å²) in [6.07, 6.45) is 1.06. The molecular weight excluding hydrogens is 312 g/mol. The third-order valence-electron chi connectivity index (χ3n) is 3.22. The van der Waals surface area contributed by atoms with Crippen molar-refractivity contribution in [1.29, 1.82) is 0 Å². The third kappa shape index (κ3) is 2.29. The Morgan fingerprint density at radius 3 is 2.23 bits per heavy atom. The molecule has 0 bridgehead atoms. The maximum Gasteiger partial charge on any atom is 0.211 e. The minimum atomic E-state index is -4.12. The average molecular weight is 321 g/mol. The molecule has 1 aromatic heterocycles. The Morgan fingerprint density at radius 1 is 0.909 bits per heavy atom. The number of aromatic amines is 1. The van der Waals surface area contributed by atoms with Crippen LogP contribution in [0.2, 0.25) is 0 Å². The van der Waals surface area contributed by atoms with Gasteiger partial charge >= 0.3 is 0 Å². The smallest absolute Gasteiger partial charge is 0.211 e. The second kappa shape index (κ2) is 5.03. The lowest BCUT2D eigenvalue weighted by molar-refractivity contribution is 0.593. The van der Waals surface area contributed by atoms with Crippen molar-refractivity contribution >= 4 is 20.7 Å². The predicted molar refractivity (Wildman–Crippen MR) is 76.4 cm³/mol. The Hall–Kier alpha value is -2.54. The molecule has 4 nitrogen and oxygen atoms in total. The highest BCUT2D eigenvalue weighted by atomic mass is 32.2. The summed E-state index contributed by atoms with van der Waals surface area (Å²) in [5, 5.41) is -0.0665. The van der Waals surface area contributed by atoms with Crippen LogP contribution < -0.4 is 5.43 Å². The van der Waals surface area contributed by atoms with Crippen LogP contribution in [-0.2, 0) is 9.84 Å². The first-order chi connectivity index (χ1) is 10.4. The Morgan fingerprint density at radius 2 is 1.55 bits per heavy atom. The zero-order valence-corrected chi connectivity index (χ0v) is 11.8. The summed E-state index contributed by atoms with van der Waals surface area (Å²) in [6, 6.07) is 7.59. The van der Waals surface area contributed by atoms with E-state index in [0.717, 1.165) is 42.6 Å². The van der Waals surface area contributed by atoms with Gasteiger partial charge in [0.05, 0.1) is 4.90 Å². The van der Waals surface area contributed by atoms with Gasteiger partial charge in [0.15, 0.2) is 0 Å². The van der Waals surface area contributed by atoms with E-state index in [9.17, 15) is 22.0 Å². The van der Waals surface area contributed by atoms with E-state index in [1.165, 1.54) is 6.07 Å². The number of sulfone groups is 1. The number of hydrogen-bond donors (Lipinski definition) is 1.